The number of hydrogen-bond acceptors (Lipinski definition) is 1. The van der Waals surface area contributed by atoms with E-state index in [0.717, 1.165) is 17.1 Å². The number of hydrogen-bond donors (Lipinski definition) is 0. The number of rotatable bonds is 4. The molecule has 0 bridgehead atoms. The highest BCUT2D eigenvalue weighted by atomic mass is 15.1. The van der Waals surface area contributed by atoms with Crippen molar-refractivity contribution in [1.29, 1.82) is 0 Å². The number of nitrogens with zero attached hydrogens (tertiary/aromatic N) is 1. The van der Waals surface area contributed by atoms with E-state index in [1.54, 1.807) is 0 Å². The molecule has 9 aromatic carbocycles. The molecule has 0 unspecified atom stereocenters. The Morgan fingerprint density at radius 2 is 0.800 bits per heavy atom. The van der Waals surface area contributed by atoms with Gasteiger partial charge in [0.05, 0.1) is 5.69 Å². The highest BCUT2D eigenvalue weighted by Crippen LogP contribution is 2.42. The van der Waals surface area contributed by atoms with Crippen LogP contribution in [-0.2, 0) is 0 Å². The largest absolute Gasteiger partial charge is 0.310 e. The van der Waals surface area contributed by atoms with E-state index in [0.29, 0.717) is 0 Å². The Hall–Kier alpha value is -5.92. The number of anilines is 3. The van der Waals surface area contributed by atoms with Gasteiger partial charge >= 0.3 is 0 Å². The normalized spacial score (nSPS) is 11.6. The van der Waals surface area contributed by atoms with Crippen molar-refractivity contribution in [3.05, 3.63) is 176 Å². The summed E-state index contributed by atoms with van der Waals surface area (Å²) in [6.45, 7) is 0. The van der Waals surface area contributed by atoms with Crippen LogP contribution in [0.5, 0.6) is 0 Å². The van der Waals surface area contributed by atoms with Crippen LogP contribution in [0.15, 0.2) is 176 Å². The summed E-state index contributed by atoms with van der Waals surface area (Å²) < 4.78 is 0. The van der Waals surface area contributed by atoms with Gasteiger partial charge in [-0.3, -0.25) is 0 Å². The van der Waals surface area contributed by atoms with Crippen LogP contribution in [0.2, 0.25) is 0 Å². The van der Waals surface area contributed by atoms with E-state index in [2.05, 4.69) is 181 Å². The first-order valence-electron chi connectivity index (χ1n) is 15.5. The summed E-state index contributed by atoms with van der Waals surface area (Å²) >= 11 is 0. The van der Waals surface area contributed by atoms with Crippen molar-refractivity contribution in [1.82, 2.24) is 0 Å². The van der Waals surface area contributed by atoms with Gasteiger partial charge in [0.15, 0.2) is 0 Å². The first-order valence-corrected chi connectivity index (χ1v) is 15.5. The maximum atomic E-state index is 2.41. The predicted octanol–water partition coefficient (Wildman–Crippen LogP) is 12.6. The molecule has 1 heteroatoms. The Morgan fingerprint density at radius 3 is 1.56 bits per heavy atom. The molecule has 0 aliphatic rings. The maximum absolute atomic E-state index is 2.41. The van der Waals surface area contributed by atoms with Crippen molar-refractivity contribution in [2.75, 3.05) is 4.90 Å². The third kappa shape index (κ3) is 4.24. The third-order valence-electron chi connectivity index (χ3n) is 9.22. The molecular weight excluding hydrogens is 542 g/mol. The lowest BCUT2D eigenvalue weighted by molar-refractivity contribution is 1.30. The molecule has 9 aromatic rings. The second-order valence-corrected chi connectivity index (χ2v) is 11.8. The number of benzene rings is 9. The Kier molecular flexibility index (Phi) is 5.89. The molecule has 0 aliphatic heterocycles. The molecule has 0 saturated heterocycles. The van der Waals surface area contributed by atoms with E-state index in [-0.39, 0.29) is 0 Å². The Morgan fingerprint density at radius 1 is 0.289 bits per heavy atom. The molecule has 0 aromatic heterocycles. The highest BCUT2D eigenvalue weighted by Gasteiger charge is 2.17. The molecule has 0 atom stereocenters. The second kappa shape index (κ2) is 10.4. The second-order valence-electron chi connectivity index (χ2n) is 11.8. The van der Waals surface area contributed by atoms with Crippen LogP contribution in [0.1, 0.15) is 0 Å². The standard InChI is InChI=1S/C44H29N/c1-4-14-37-30(9-1)12-7-17-38(37)33-19-24-35(25-20-33)45(44-18-8-13-31-10-3-6-16-40(31)44)36-26-21-34-23-27-41-39-15-5-2-11-32(39)22-28-42(41)43(34)29-36/h1-29H. The summed E-state index contributed by atoms with van der Waals surface area (Å²) in [6, 6.07) is 64.1. The summed E-state index contributed by atoms with van der Waals surface area (Å²) in [5.74, 6) is 0. The molecular formula is C44H29N. The lowest BCUT2D eigenvalue weighted by Gasteiger charge is -2.27. The Labute approximate surface area is 262 Å². The van der Waals surface area contributed by atoms with Crippen molar-refractivity contribution in [2.24, 2.45) is 0 Å². The van der Waals surface area contributed by atoms with E-state index in [1.165, 1.54) is 65.0 Å². The minimum atomic E-state index is 1.13. The molecule has 45 heavy (non-hydrogen) atoms. The van der Waals surface area contributed by atoms with Gasteiger partial charge < -0.3 is 4.90 Å². The van der Waals surface area contributed by atoms with Crippen molar-refractivity contribution < 1.29 is 0 Å². The van der Waals surface area contributed by atoms with Crippen LogP contribution in [0.4, 0.5) is 17.1 Å². The minimum Gasteiger partial charge on any atom is -0.310 e. The molecule has 9 rings (SSSR count). The lowest BCUT2D eigenvalue weighted by atomic mass is 9.96. The summed E-state index contributed by atoms with van der Waals surface area (Å²) in [5, 5.41) is 12.6. The topological polar surface area (TPSA) is 3.24 Å². The molecule has 0 heterocycles. The summed E-state index contributed by atoms with van der Waals surface area (Å²) in [7, 11) is 0. The van der Waals surface area contributed by atoms with Gasteiger partial charge in [-0.2, -0.15) is 0 Å². The van der Waals surface area contributed by atoms with Gasteiger partial charge in [0.1, 0.15) is 0 Å². The molecule has 0 amide bonds. The SMILES string of the molecule is c1ccc2c(-c3ccc(N(c4ccc5ccc6c7ccccc7ccc6c5c4)c4cccc5ccccc45)cc3)cccc2c1. The van der Waals surface area contributed by atoms with Gasteiger partial charge in [-0.1, -0.05) is 146 Å². The zero-order valence-electron chi connectivity index (χ0n) is 24.7. The molecule has 210 valence electrons. The van der Waals surface area contributed by atoms with Crippen LogP contribution >= 0.6 is 0 Å². The van der Waals surface area contributed by atoms with Gasteiger partial charge in [-0.15, -0.1) is 0 Å². The highest BCUT2D eigenvalue weighted by molar-refractivity contribution is 6.18. The monoisotopic (exact) mass is 571 g/mol. The molecule has 1 nitrogen and oxygen atoms in total. The fraction of sp³-hybridized carbons (Fsp3) is 0. The van der Waals surface area contributed by atoms with Crippen molar-refractivity contribution >= 4 is 70.9 Å². The van der Waals surface area contributed by atoms with Gasteiger partial charge in [-0.25, -0.2) is 0 Å². The third-order valence-corrected chi connectivity index (χ3v) is 9.22. The Bertz CT molecular complexity index is 2530. The van der Waals surface area contributed by atoms with E-state index >= 15 is 0 Å². The van der Waals surface area contributed by atoms with E-state index in [9.17, 15) is 0 Å². The molecule has 0 fully saturated rings. The molecule has 0 aliphatic carbocycles. The fourth-order valence-corrected chi connectivity index (χ4v) is 7.04. The molecule has 0 saturated carbocycles. The summed E-state index contributed by atoms with van der Waals surface area (Å²) in [6.07, 6.45) is 0. The van der Waals surface area contributed by atoms with Crippen LogP contribution < -0.4 is 4.90 Å². The maximum Gasteiger partial charge on any atom is 0.0540 e. The quantitative estimate of drug-likeness (QED) is 0.190. The van der Waals surface area contributed by atoms with Crippen molar-refractivity contribution in [3.63, 3.8) is 0 Å². The van der Waals surface area contributed by atoms with E-state index in [1.807, 2.05) is 0 Å². The van der Waals surface area contributed by atoms with Crippen LogP contribution in [-0.4, -0.2) is 0 Å². The van der Waals surface area contributed by atoms with Crippen LogP contribution in [0.3, 0.4) is 0 Å². The number of fused-ring (bicyclic) bond motifs is 7. The van der Waals surface area contributed by atoms with Crippen LogP contribution in [0.25, 0.3) is 65.0 Å². The average molecular weight is 572 g/mol. The van der Waals surface area contributed by atoms with E-state index in [4.69, 9.17) is 0 Å². The molecule has 0 N–H and O–H groups in total. The molecule has 0 spiro atoms. The zero-order chi connectivity index (χ0) is 29.7. The minimum absolute atomic E-state index is 1.13. The molecule has 0 radical (unpaired) electrons. The first kappa shape index (κ1) is 25.6. The van der Waals surface area contributed by atoms with Crippen LogP contribution in [0, 0.1) is 0 Å². The van der Waals surface area contributed by atoms with Crippen molar-refractivity contribution in [3.8, 4) is 11.1 Å². The van der Waals surface area contributed by atoms with Gasteiger partial charge in [0.2, 0.25) is 0 Å². The van der Waals surface area contributed by atoms with Gasteiger partial charge in [0.25, 0.3) is 0 Å². The van der Waals surface area contributed by atoms with Gasteiger partial charge in [-0.05, 0) is 89.9 Å². The summed E-state index contributed by atoms with van der Waals surface area (Å²) in [5.41, 5.74) is 5.89. The first-order chi connectivity index (χ1) is 22.3. The summed E-state index contributed by atoms with van der Waals surface area (Å²) in [4.78, 5) is 2.41. The average Bonchev–Trinajstić information content (AvgIpc) is 3.11. The van der Waals surface area contributed by atoms with Crippen molar-refractivity contribution in [2.45, 2.75) is 0 Å². The zero-order valence-corrected chi connectivity index (χ0v) is 24.7. The Balaban J connectivity index is 1.26. The fourth-order valence-electron chi connectivity index (χ4n) is 7.04. The van der Waals surface area contributed by atoms with E-state index < -0.39 is 0 Å². The van der Waals surface area contributed by atoms with Gasteiger partial charge in [0, 0.05) is 16.8 Å². The smallest absolute Gasteiger partial charge is 0.0540 e. The predicted molar refractivity (Wildman–Crippen MR) is 194 cm³/mol. The lowest BCUT2D eigenvalue weighted by Crippen LogP contribution is -2.10.